The maximum absolute atomic E-state index is 5.96. The smallest absolute Gasteiger partial charge is 0.0955 e. The summed E-state index contributed by atoms with van der Waals surface area (Å²) in [6.07, 6.45) is 5.32. The molecule has 1 atom stereocenters. The minimum Gasteiger partial charge on any atom is -0.303 e. The van der Waals surface area contributed by atoms with E-state index in [-0.39, 0.29) is 6.04 Å². The second kappa shape index (κ2) is 4.53. The number of rotatable bonds is 2. The van der Waals surface area contributed by atoms with Crippen molar-refractivity contribution in [3.63, 3.8) is 0 Å². The van der Waals surface area contributed by atoms with Gasteiger partial charge in [0.25, 0.3) is 0 Å². The molecule has 1 rings (SSSR count). The Balaban J connectivity index is 3.09. The molecule has 0 aliphatic rings. The van der Waals surface area contributed by atoms with Crippen LogP contribution in [-0.4, -0.2) is 7.05 Å². The van der Waals surface area contributed by atoms with E-state index in [1.54, 1.807) is 19.2 Å². The van der Waals surface area contributed by atoms with E-state index in [4.69, 9.17) is 29.6 Å². The molecule has 1 unspecified atom stereocenters. The Morgan fingerprint density at radius 1 is 1.46 bits per heavy atom. The van der Waals surface area contributed by atoms with Crippen LogP contribution in [0.5, 0.6) is 0 Å². The largest absolute Gasteiger partial charge is 0.303 e. The van der Waals surface area contributed by atoms with Crippen LogP contribution in [0.25, 0.3) is 0 Å². The van der Waals surface area contributed by atoms with Crippen LogP contribution in [0.2, 0.25) is 10.0 Å². The molecular weight excluding hydrogens is 205 g/mol. The first-order chi connectivity index (χ1) is 6.19. The fourth-order valence-corrected chi connectivity index (χ4v) is 1.58. The number of terminal acetylenes is 1. The molecule has 68 valence electrons. The zero-order chi connectivity index (χ0) is 9.84. The molecule has 1 N–H and O–H groups in total. The number of halogens is 2. The molecular formula is C10H9Cl2N. The number of nitrogens with one attached hydrogen (secondary N) is 1. The van der Waals surface area contributed by atoms with E-state index < -0.39 is 0 Å². The average Bonchev–Trinajstić information content (AvgIpc) is 2.10. The summed E-state index contributed by atoms with van der Waals surface area (Å²) in [7, 11) is 1.79. The van der Waals surface area contributed by atoms with Gasteiger partial charge in [0.05, 0.1) is 6.04 Å². The van der Waals surface area contributed by atoms with E-state index in [1.807, 2.05) is 6.07 Å². The monoisotopic (exact) mass is 213 g/mol. The van der Waals surface area contributed by atoms with E-state index in [1.165, 1.54) is 0 Å². The molecule has 0 saturated heterocycles. The van der Waals surface area contributed by atoms with Gasteiger partial charge in [-0.3, -0.25) is 0 Å². The second-order valence-electron chi connectivity index (χ2n) is 2.55. The molecule has 0 aliphatic carbocycles. The van der Waals surface area contributed by atoms with Gasteiger partial charge in [-0.25, -0.2) is 0 Å². The molecule has 0 heterocycles. The predicted molar refractivity (Wildman–Crippen MR) is 57.1 cm³/mol. The highest BCUT2D eigenvalue weighted by atomic mass is 35.5. The summed E-state index contributed by atoms with van der Waals surface area (Å²) in [5.74, 6) is 2.59. The standard InChI is InChI=1S/C10H9Cl2N/c1-3-10(13-2)8-5-4-7(11)6-9(8)12/h1,4-6,10,13H,2H3. The zero-order valence-electron chi connectivity index (χ0n) is 7.14. The first-order valence-electron chi connectivity index (χ1n) is 3.77. The lowest BCUT2D eigenvalue weighted by molar-refractivity contribution is 0.737. The first-order valence-corrected chi connectivity index (χ1v) is 4.53. The van der Waals surface area contributed by atoms with E-state index in [0.717, 1.165) is 5.56 Å². The van der Waals surface area contributed by atoms with E-state index in [9.17, 15) is 0 Å². The third-order valence-electron chi connectivity index (χ3n) is 1.73. The van der Waals surface area contributed by atoms with Crippen LogP contribution in [0.3, 0.4) is 0 Å². The first kappa shape index (κ1) is 10.4. The molecule has 0 bridgehead atoms. The Morgan fingerprint density at radius 2 is 2.15 bits per heavy atom. The van der Waals surface area contributed by atoms with Gasteiger partial charge in [0.2, 0.25) is 0 Å². The number of benzene rings is 1. The van der Waals surface area contributed by atoms with Gasteiger partial charge in [-0.05, 0) is 24.7 Å². The fraction of sp³-hybridized carbons (Fsp3) is 0.200. The van der Waals surface area contributed by atoms with Crippen LogP contribution in [0.1, 0.15) is 11.6 Å². The lowest BCUT2D eigenvalue weighted by Crippen LogP contribution is -2.14. The van der Waals surface area contributed by atoms with Gasteiger partial charge in [-0.2, -0.15) is 0 Å². The van der Waals surface area contributed by atoms with Gasteiger partial charge in [0.15, 0.2) is 0 Å². The second-order valence-corrected chi connectivity index (χ2v) is 3.40. The van der Waals surface area contributed by atoms with E-state index >= 15 is 0 Å². The molecule has 0 saturated carbocycles. The molecule has 0 fully saturated rings. The molecule has 0 spiro atoms. The summed E-state index contributed by atoms with van der Waals surface area (Å²) in [5, 5.41) is 4.16. The van der Waals surface area contributed by atoms with Gasteiger partial charge in [0, 0.05) is 10.0 Å². The summed E-state index contributed by atoms with van der Waals surface area (Å²) in [5.41, 5.74) is 0.871. The molecule has 3 heteroatoms. The van der Waals surface area contributed by atoms with Crippen molar-refractivity contribution in [3.05, 3.63) is 33.8 Å². The molecule has 1 nitrogen and oxygen atoms in total. The number of hydrogen-bond acceptors (Lipinski definition) is 1. The summed E-state index contributed by atoms with van der Waals surface area (Å²) in [4.78, 5) is 0. The summed E-state index contributed by atoms with van der Waals surface area (Å²) in [6, 6.07) is 5.11. The molecule has 0 amide bonds. The SMILES string of the molecule is C#CC(NC)c1ccc(Cl)cc1Cl. The predicted octanol–water partition coefficient (Wildman–Crippen LogP) is 2.89. The Kier molecular flexibility index (Phi) is 3.62. The summed E-state index contributed by atoms with van der Waals surface area (Å²) in [6.45, 7) is 0. The quantitative estimate of drug-likeness (QED) is 0.746. The molecule has 0 aliphatic heterocycles. The van der Waals surface area contributed by atoms with Crippen LogP contribution in [0.4, 0.5) is 0 Å². The van der Waals surface area contributed by atoms with Crippen molar-refractivity contribution in [2.45, 2.75) is 6.04 Å². The molecule has 1 aromatic carbocycles. The highest BCUT2D eigenvalue weighted by molar-refractivity contribution is 6.35. The fourth-order valence-electron chi connectivity index (χ4n) is 1.06. The Hall–Kier alpha value is -0.680. The van der Waals surface area contributed by atoms with Gasteiger partial charge < -0.3 is 5.32 Å². The third-order valence-corrected chi connectivity index (χ3v) is 2.29. The lowest BCUT2D eigenvalue weighted by Gasteiger charge is -2.11. The van der Waals surface area contributed by atoms with Gasteiger partial charge in [-0.15, -0.1) is 6.42 Å². The lowest BCUT2D eigenvalue weighted by atomic mass is 10.1. The van der Waals surface area contributed by atoms with Crippen molar-refractivity contribution in [2.24, 2.45) is 0 Å². The molecule has 0 radical (unpaired) electrons. The van der Waals surface area contributed by atoms with Crippen LogP contribution in [0.15, 0.2) is 18.2 Å². The maximum atomic E-state index is 5.96. The van der Waals surface area contributed by atoms with Gasteiger partial charge >= 0.3 is 0 Å². The van der Waals surface area contributed by atoms with Crippen LogP contribution in [0, 0.1) is 12.3 Å². The minimum atomic E-state index is -0.162. The minimum absolute atomic E-state index is 0.162. The van der Waals surface area contributed by atoms with E-state index in [2.05, 4.69) is 11.2 Å². The van der Waals surface area contributed by atoms with Crippen molar-refractivity contribution in [3.8, 4) is 12.3 Å². The van der Waals surface area contributed by atoms with Crippen molar-refractivity contribution < 1.29 is 0 Å². The normalized spacial score (nSPS) is 12.2. The number of hydrogen-bond donors (Lipinski definition) is 1. The van der Waals surface area contributed by atoms with Crippen molar-refractivity contribution >= 4 is 23.2 Å². The Morgan fingerprint density at radius 3 is 2.62 bits per heavy atom. The maximum Gasteiger partial charge on any atom is 0.0955 e. The summed E-state index contributed by atoms with van der Waals surface area (Å²) >= 11 is 11.7. The average molecular weight is 214 g/mol. The highest BCUT2D eigenvalue weighted by Crippen LogP contribution is 2.25. The molecule has 13 heavy (non-hydrogen) atoms. The van der Waals surface area contributed by atoms with Crippen molar-refractivity contribution in [2.75, 3.05) is 7.05 Å². The van der Waals surface area contributed by atoms with Crippen molar-refractivity contribution in [1.29, 1.82) is 0 Å². The topological polar surface area (TPSA) is 12.0 Å². The molecule has 0 aromatic heterocycles. The van der Waals surface area contributed by atoms with Gasteiger partial charge in [-0.1, -0.05) is 35.2 Å². The van der Waals surface area contributed by atoms with Crippen LogP contribution >= 0.6 is 23.2 Å². The zero-order valence-corrected chi connectivity index (χ0v) is 8.65. The van der Waals surface area contributed by atoms with Gasteiger partial charge in [0.1, 0.15) is 0 Å². The third kappa shape index (κ3) is 2.38. The van der Waals surface area contributed by atoms with E-state index in [0.29, 0.717) is 10.0 Å². The molecule has 1 aromatic rings. The van der Waals surface area contributed by atoms with Crippen molar-refractivity contribution in [1.82, 2.24) is 5.32 Å². The van der Waals surface area contributed by atoms with Crippen LogP contribution < -0.4 is 5.32 Å². The Labute approximate surface area is 88.0 Å². The highest BCUT2D eigenvalue weighted by Gasteiger charge is 2.09. The Bertz CT molecular complexity index is 341. The van der Waals surface area contributed by atoms with Crippen LogP contribution in [-0.2, 0) is 0 Å². The summed E-state index contributed by atoms with van der Waals surface area (Å²) < 4.78 is 0.